The first-order valence-electron chi connectivity index (χ1n) is 5.64. The Hall–Kier alpha value is -2.56. The molecule has 0 atom stereocenters. The Bertz CT molecular complexity index is 618. The molecular weight excluding hydrogens is 226 g/mol. The minimum absolute atomic E-state index is 0.596. The molecule has 0 aliphatic heterocycles. The van der Waals surface area contributed by atoms with Gasteiger partial charge in [-0.25, -0.2) is 0 Å². The molecule has 0 radical (unpaired) electrons. The summed E-state index contributed by atoms with van der Waals surface area (Å²) in [5.74, 6) is 0.596. The molecule has 2 heterocycles. The molecule has 0 fully saturated rings. The lowest BCUT2D eigenvalue weighted by Crippen LogP contribution is -2.03. The maximum atomic E-state index is 4.33. The second-order valence-corrected chi connectivity index (χ2v) is 3.87. The summed E-state index contributed by atoms with van der Waals surface area (Å²) in [7, 11) is 0. The van der Waals surface area contributed by atoms with Crippen LogP contribution in [0.3, 0.4) is 0 Å². The largest absolute Gasteiger partial charge is 0.264 e. The van der Waals surface area contributed by atoms with Crippen molar-refractivity contribution in [2.24, 2.45) is 0 Å². The lowest BCUT2D eigenvalue weighted by Gasteiger charge is -1.97. The third-order valence-electron chi connectivity index (χ3n) is 2.54. The standard InChI is InChI=1S/C13H11N5/c1-2-5-11(6-3-1)10-18-16-13(15-17-18)12-7-4-8-14-9-12/h1-9H,10H2. The molecular formula is C13H11N5. The molecule has 0 saturated heterocycles. The van der Waals surface area contributed by atoms with E-state index < -0.39 is 0 Å². The van der Waals surface area contributed by atoms with Crippen LogP contribution in [0.1, 0.15) is 5.56 Å². The fourth-order valence-electron chi connectivity index (χ4n) is 1.67. The van der Waals surface area contributed by atoms with Crippen LogP contribution in [0.5, 0.6) is 0 Å². The van der Waals surface area contributed by atoms with E-state index in [4.69, 9.17) is 0 Å². The summed E-state index contributed by atoms with van der Waals surface area (Å²) in [6.45, 7) is 0.619. The predicted molar refractivity (Wildman–Crippen MR) is 66.6 cm³/mol. The second kappa shape index (κ2) is 4.75. The number of rotatable bonds is 3. The highest BCUT2D eigenvalue weighted by Gasteiger charge is 2.05. The van der Waals surface area contributed by atoms with Crippen LogP contribution in [-0.2, 0) is 6.54 Å². The zero-order chi connectivity index (χ0) is 12.2. The molecule has 2 aromatic heterocycles. The summed E-state index contributed by atoms with van der Waals surface area (Å²) in [5, 5.41) is 12.4. The van der Waals surface area contributed by atoms with Gasteiger partial charge in [-0.2, -0.15) is 4.80 Å². The highest BCUT2D eigenvalue weighted by molar-refractivity contribution is 5.51. The van der Waals surface area contributed by atoms with E-state index in [1.165, 1.54) is 0 Å². The van der Waals surface area contributed by atoms with Crippen LogP contribution in [0.2, 0.25) is 0 Å². The summed E-state index contributed by atoms with van der Waals surface area (Å²) < 4.78 is 0. The summed E-state index contributed by atoms with van der Waals surface area (Å²) in [6, 6.07) is 13.8. The third kappa shape index (κ3) is 2.24. The van der Waals surface area contributed by atoms with E-state index in [-0.39, 0.29) is 0 Å². The van der Waals surface area contributed by atoms with Gasteiger partial charge < -0.3 is 0 Å². The molecule has 0 amide bonds. The molecule has 5 heteroatoms. The zero-order valence-electron chi connectivity index (χ0n) is 9.64. The van der Waals surface area contributed by atoms with E-state index in [0.29, 0.717) is 12.4 Å². The van der Waals surface area contributed by atoms with Crippen molar-refractivity contribution in [2.45, 2.75) is 6.54 Å². The van der Waals surface area contributed by atoms with Gasteiger partial charge in [0.25, 0.3) is 0 Å². The van der Waals surface area contributed by atoms with Crippen molar-refractivity contribution in [3.05, 3.63) is 60.4 Å². The van der Waals surface area contributed by atoms with Crippen molar-refractivity contribution >= 4 is 0 Å². The van der Waals surface area contributed by atoms with Gasteiger partial charge in [0.05, 0.1) is 6.54 Å². The van der Waals surface area contributed by atoms with Crippen molar-refractivity contribution < 1.29 is 0 Å². The first kappa shape index (κ1) is 10.6. The summed E-state index contributed by atoms with van der Waals surface area (Å²) in [5.41, 5.74) is 2.02. The van der Waals surface area contributed by atoms with E-state index in [1.54, 1.807) is 17.2 Å². The van der Waals surface area contributed by atoms with Crippen molar-refractivity contribution in [2.75, 3.05) is 0 Å². The average Bonchev–Trinajstić information content (AvgIpc) is 2.89. The van der Waals surface area contributed by atoms with E-state index in [2.05, 4.69) is 20.4 Å². The van der Waals surface area contributed by atoms with Gasteiger partial charge >= 0.3 is 0 Å². The van der Waals surface area contributed by atoms with Crippen LogP contribution in [0.15, 0.2) is 54.9 Å². The molecule has 88 valence electrons. The Morgan fingerprint density at radius 3 is 2.67 bits per heavy atom. The number of tetrazole rings is 1. The maximum absolute atomic E-state index is 4.33. The molecule has 1 aromatic carbocycles. The Morgan fingerprint density at radius 1 is 1.00 bits per heavy atom. The molecule has 0 N–H and O–H groups in total. The molecule has 18 heavy (non-hydrogen) atoms. The van der Waals surface area contributed by atoms with Crippen LogP contribution < -0.4 is 0 Å². The number of aromatic nitrogens is 5. The van der Waals surface area contributed by atoms with Gasteiger partial charge in [-0.05, 0) is 22.9 Å². The zero-order valence-corrected chi connectivity index (χ0v) is 9.64. The van der Waals surface area contributed by atoms with Crippen LogP contribution in [0.25, 0.3) is 11.4 Å². The molecule has 0 aliphatic carbocycles. The lowest BCUT2D eigenvalue weighted by molar-refractivity contribution is 0.573. The first-order chi connectivity index (χ1) is 8.92. The number of hydrogen-bond acceptors (Lipinski definition) is 4. The number of hydrogen-bond donors (Lipinski definition) is 0. The van der Waals surface area contributed by atoms with Crippen LogP contribution in [0.4, 0.5) is 0 Å². The molecule has 0 aliphatic rings. The Labute approximate surface area is 104 Å². The second-order valence-electron chi connectivity index (χ2n) is 3.87. The summed E-state index contributed by atoms with van der Waals surface area (Å²) >= 11 is 0. The van der Waals surface area contributed by atoms with Gasteiger partial charge in [-0.3, -0.25) is 4.98 Å². The first-order valence-corrected chi connectivity index (χ1v) is 5.64. The Morgan fingerprint density at radius 2 is 1.89 bits per heavy atom. The van der Waals surface area contributed by atoms with E-state index in [9.17, 15) is 0 Å². The van der Waals surface area contributed by atoms with Crippen LogP contribution in [0, 0.1) is 0 Å². The van der Waals surface area contributed by atoms with Gasteiger partial charge in [-0.1, -0.05) is 30.3 Å². The minimum atomic E-state index is 0.596. The van der Waals surface area contributed by atoms with Crippen LogP contribution >= 0.6 is 0 Å². The molecule has 0 unspecified atom stereocenters. The molecule has 0 bridgehead atoms. The van der Waals surface area contributed by atoms with Crippen molar-refractivity contribution in [1.82, 2.24) is 25.2 Å². The van der Waals surface area contributed by atoms with Crippen LogP contribution in [-0.4, -0.2) is 25.2 Å². The quantitative estimate of drug-likeness (QED) is 0.696. The van der Waals surface area contributed by atoms with Crippen molar-refractivity contribution in [3.8, 4) is 11.4 Å². The smallest absolute Gasteiger partial charge is 0.206 e. The molecule has 0 spiro atoms. The average molecular weight is 237 g/mol. The van der Waals surface area contributed by atoms with Crippen molar-refractivity contribution in [1.29, 1.82) is 0 Å². The Kier molecular flexibility index (Phi) is 2.79. The molecule has 3 rings (SSSR count). The van der Waals surface area contributed by atoms with Gasteiger partial charge in [0.15, 0.2) is 0 Å². The third-order valence-corrected chi connectivity index (χ3v) is 2.54. The van der Waals surface area contributed by atoms with Gasteiger partial charge in [-0.15, -0.1) is 10.2 Å². The fraction of sp³-hybridized carbons (Fsp3) is 0.0769. The van der Waals surface area contributed by atoms with Gasteiger partial charge in [0, 0.05) is 18.0 Å². The lowest BCUT2D eigenvalue weighted by atomic mass is 10.2. The maximum Gasteiger partial charge on any atom is 0.206 e. The molecule has 3 aromatic rings. The van der Waals surface area contributed by atoms with Crippen molar-refractivity contribution in [3.63, 3.8) is 0 Å². The summed E-state index contributed by atoms with van der Waals surface area (Å²) in [4.78, 5) is 5.62. The SMILES string of the molecule is c1ccc(Cn2nnc(-c3cccnc3)n2)cc1. The van der Waals surface area contributed by atoms with E-state index in [1.807, 2.05) is 42.5 Å². The Balaban J connectivity index is 1.82. The summed E-state index contributed by atoms with van der Waals surface area (Å²) in [6.07, 6.45) is 3.45. The highest BCUT2D eigenvalue weighted by atomic mass is 15.6. The number of pyridine rings is 1. The topological polar surface area (TPSA) is 56.5 Å². The van der Waals surface area contributed by atoms with Gasteiger partial charge in [0.1, 0.15) is 0 Å². The highest BCUT2D eigenvalue weighted by Crippen LogP contribution is 2.10. The molecule has 0 saturated carbocycles. The fourth-order valence-corrected chi connectivity index (χ4v) is 1.67. The minimum Gasteiger partial charge on any atom is -0.264 e. The van der Waals surface area contributed by atoms with E-state index >= 15 is 0 Å². The van der Waals surface area contributed by atoms with E-state index in [0.717, 1.165) is 11.1 Å². The monoisotopic (exact) mass is 237 g/mol. The normalized spacial score (nSPS) is 10.4. The molecule has 5 nitrogen and oxygen atoms in total. The number of benzene rings is 1. The number of nitrogens with zero attached hydrogens (tertiary/aromatic N) is 5. The van der Waals surface area contributed by atoms with Gasteiger partial charge in [0.2, 0.25) is 5.82 Å². The predicted octanol–water partition coefficient (Wildman–Crippen LogP) is 1.78.